The van der Waals surface area contributed by atoms with E-state index in [2.05, 4.69) is 13.0 Å². The van der Waals surface area contributed by atoms with Gasteiger partial charge < -0.3 is 5.11 Å². The summed E-state index contributed by atoms with van der Waals surface area (Å²) in [6.07, 6.45) is 9.36. The molecular formula is C24H27F2NO2. The minimum absolute atomic E-state index is 0.281. The lowest BCUT2D eigenvalue weighted by Crippen LogP contribution is -2.33. The summed E-state index contributed by atoms with van der Waals surface area (Å²) in [5.41, 5.74) is -0.745. The van der Waals surface area contributed by atoms with Crippen molar-refractivity contribution >= 4 is 5.97 Å². The van der Waals surface area contributed by atoms with Crippen molar-refractivity contribution in [3.05, 3.63) is 59.2 Å². The van der Waals surface area contributed by atoms with Crippen molar-refractivity contribution < 1.29 is 18.7 Å². The maximum absolute atomic E-state index is 15.5. The molecule has 2 atom stereocenters. The van der Waals surface area contributed by atoms with E-state index in [9.17, 15) is 19.6 Å². The molecule has 3 nitrogen and oxygen atoms in total. The number of nitriles is 1. The molecule has 5 heteroatoms. The summed E-state index contributed by atoms with van der Waals surface area (Å²) < 4.78 is 30.2. The fourth-order valence-electron chi connectivity index (χ4n) is 4.82. The Hall–Kier alpha value is -2.48. The number of halogens is 2. The van der Waals surface area contributed by atoms with Gasteiger partial charge in [-0.05, 0) is 36.3 Å². The number of carbonyl (C=O) groups is 1. The topological polar surface area (TPSA) is 61.1 Å². The molecule has 0 radical (unpaired) electrons. The molecule has 0 aromatic heterocycles. The maximum atomic E-state index is 15.5. The van der Waals surface area contributed by atoms with Crippen LogP contribution in [0.5, 0.6) is 0 Å². The summed E-state index contributed by atoms with van der Waals surface area (Å²) in [5.74, 6) is -4.18. The smallest absolute Gasteiger partial charge is 0.317 e. The molecule has 1 N–H and O–H groups in total. The number of allylic oxidation sites excluding steroid dienone is 2. The standard InChI is InChI=1S/C24H27F2NO2/c1-2-16-7-9-17(10-8-16)11-13-24(20-6-4-3-5-18(20)15-27)14-12-19(23(28)29)21(25)22(24)26/h3-6,12,14,16-17,19H,2,7-11,13H2,1H3,(H,28,29)/t16-,17-,19?,24?. The predicted octanol–water partition coefficient (Wildman–Crippen LogP) is 6.21. The minimum atomic E-state index is -1.61. The van der Waals surface area contributed by atoms with Crippen molar-refractivity contribution in [2.24, 2.45) is 17.8 Å². The van der Waals surface area contributed by atoms with Crippen LogP contribution in [0.3, 0.4) is 0 Å². The van der Waals surface area contributed by atoms with Crippen molar-refractivity contribution in [2.75, 3.05) is 0 Å². The van der Waals surface area contributed by atoms with Gasteiger partial charge in [0.05, 0.1) is 17.0 Å². The highest BCUT2D eigenvalue weighted by atomic mass is 19.2. The Kier molecular flexibility index (Phi) is 6.52. The Morgan fingerprint density at radius 3 is 2.48 bits per heavy atom. The van der Waals surface area contributed by atoms with Gasteiger partial charge in [-0.1, -0.05) is 69.4 Å². The molecule has 1 aromatic rings. The normalized spacial score (nSPS) is 29.5. The molecule has 2 aliphatic rings. The Morgan fingerprint density at radius 2 is 1.86 bits per heavy atom. The number of carboxylic acids is 1. The fraction of sp³-hybridized carbons (Fsp3) is 0.500. The molecule has 0 bridgehead atoms. The van der Waals surface area contributed by atoms with Gasteiger partial charge in [-0.2, -0.15) is 5.26 Å². The van der Waals surface area contributed by atoms with Crippen LogP contribution in [0.15, 0.2) is 48.1 Å². The van der Waals surface area contributed by atoms with Gasteiger partial charge in [-0.3, -0.25) is 4.79 Å². The fourth-order valence-corrected chi connectivity index (χ4v) is 4.82. The molecule has 1 saturated carbocycles. The lowest BCUT2D eigenvalue weighted by Gasteiger charge is -2.36. The zero-order valence-electron chi connectivity index (χ0n) is 16.7. The zero-order valence-corrected chi connectivity index (χ0v) is 16.7. The van der Waals surface area contributed by atoms with Crippen molar-refractivity contribution in [1.29, 1.82) is 5.26 Å². The average Bonchev–Trinajstić information content (AvgIpc) is 2.75. The molecule has 2 unspecified atom stereocenters. The first-order valence-corrected chi connectivity index (χ1v) is 10.4. The zero-order chi connectivity index (χ0) is 21.0. The van der Waals surface area contributed by atoms with E-state index >= 15 is 4.39 Å². The molecular weight excluding hydrogens is 372 g/mol. The van der Waals surface area contributed by atoms with E-state index in [-0.39, 0.29) is 5.56 Å². The van der Waals surface area contributed by atoms with Gasteiger partial charge in [0.2, 0.25) is 0 Å². The first-order valence-electron chi connectivity index (χ1n) is 10.4. The average molecular weight is 399 g/mol. The highest BCUT2D eigenvalue weighted by Crippen LogP contribution is 2.48. The number of benzene rings is 1. The molecule has 0 aliphatic heterocycles. The van der Waals surface area contributed by atoms with Crippen LogP contribution in [0.25, 0.3) is 0 Å². The molecule has 29 heavy (non-hydrogen) atoms. The number of aliphatic carboxylic acids is 1. The first-order chi connectivity index (χ1) is 13.9. The summed E-state index contributed by atoms with van der Waals surface area (Å²) in [6.45, 7) is 2.20. The summed E-state index contributed by atoms with van der Waals surface area (Å²) in [4.78, 5) is 11.3. The number of rotatable bonds is 6. The molecule has 1 fully saturated rings. The highest BCUT2D eigenvalue weighted by molar-refractivity contribution is 5.76. The third-order valence-corrected chi connectivity index (χ3v) is 6.73. The summed E-state index contributed by atoms with van der Waals surface area (Å²) in [5, 5.41) is 18.7. The number of hydrogen-bond acceptors (Lipinski definition) is 2. The molecule has 1 aromatic carbocycles. The summed E-state index contributed by atoms with van der Waals surface area (Å²) in [6, 6.07) is 8.70. The van der Waals surface area contributed by atoms with Gasteiger partial charge in [0.1, 0.15) is 11.7 Å². The van der Waals surface area contributed by atoms with E-state index in [1.54, 1.807) is 24.3 Å². The maximum Gasteiger partial charge on any atom is 0.317 e. The number of nitrogens with zero attached hydrogens (tertiary/aromatic N) is 1. The van der Waals surface area contributed by atoms with Crippen LogP contribution in [0.1, 0.15) is 63.0 Å². The van der Waals surface area contributed by atoms with Gasteiger partial charge in [0.15, 0.2) is 5.83 Å². The van der Waals surface area contributed by atoms with Gasteiger partial charge in [-0.25, -0.2) is 8.78 Å². The Labute approximate surface area is 170 Å². The first kappa shape index (κ1) is 21.2. The van der Waals surface area contributed by atoms with E-state index in [4.69, 9.17) is 0 Å². The van der Waals surface area contributed by atoms with Gasteiger partial charge >= 0.3 is 5.97 Å². The largest absolute Gasteiger partial charge is 0.480 e. The summed E-state index contributed by atoms with van der Waals surface area (Å²) in [7, 11) is 0. The Morgan fingerprint density at radius 1 is 1.21 bits per heavy atom. The molecule has 0 saturated heterocycles. The van der Waals surface area contributed by atoms with E-state index in [0.717, 1.165) is 31.6 Å². The number of hydrogen-bond donors (Lipinski definition) is 1. The van der Waals surface area contributed by atoms with Crippen LogP contribution in [-0.2, 0) is 10.2 Å². The van der Waals surface area contributed by atoms with Gasteiger partial charge in [-0.15, -0.1) is 0 Å². The van der Waals surface area contributed by atoms with Crippen LogP contribution in [0.2, 0.25) is 0 Å². The molecule has 3 rings (SSSR count). The molecule has 0 heterocycles. The third-order valence-electron chi connectivity index (χ3n) is 6.73. The monoisotopic (exact) mass is 399 g/mol. The van der Waals surface area contributed by atoms with Crippen LogP contribution < -0.4 is 0 Å². The highest BCUT2D eigenvalue weighted by Gasteiger charge is 2.44. The van der Waals surface area contributed by atoms with Crippen molar-refractivity contribution in [3.8, 4) is 6.07 Å². The van der Waals surface area contributed by atoms with Crippen LogP contribution >= 0.6 is 0 Å². The SMILES string of the molecule is CC[C@H]1CC[C@H](CCC2(c3ccccc3C#N)C=CC(C(=O)O)C(F)=C2F)CC1. The van der Waals surface area contributed by atoms with E-state index < -0.39 is 29.0 Å². The van der Waals surface area contributed by atoms with Gasteiger partial charge in [0.25, 0.3) is 0 Å². The quantitative estimate of drug-likeness (QED) is 0.578. The summed E-state index contributed by atoms with van der Waals surface area (Å²) >= 11 is 0. The van der Waals surface area contributed by atoms with Crippen LogP contribution in [-0.4, -0.2) is 11.1 Å². The lowest BCUT2D eigenvalue weighted by molar-refractivity contribution is -0.139. The molecule has 0 spiro atoms. The van der Waals surface area contributed by atoms with Crippen molar-refractivity contribution in [2.45, 2.75) is 57.3 Å². The van der Waals surface area contributed by atoms with E-state index in [1.807, 2.05) is 0 Å². The molecule has 0 amide bonds. The van der Waals surface area contributed by atoms with E-state index in [1.165, 1.54) is 18.6 Å². The minimum Gasteiger partial charge on any atom is -0.480 e. The van der Waals surface area contributed by atoms with Crippen LogP contribution in [0.4, 0.5) is 8.78 Å². The van der Waals surface area contributed by atoms with Gasteiger partial charge in [0, 0.05) is 0 Å². The second-order valence-corrected chi connectivity index (χ2v) is 8.30. The van der Waals surface area contributed by atoms with Crippen molar-refractivity contribution in [3.63, 3.8) is 0 Å². The Bertz CT molecular complexity index is 862. The second kappa shape index (κ2) is 8.90. The second-order valence-electron chi connectivity index (χ2n) is 8.30. The third kappa shape index (κ3) is 4.12. The number of carboxylic acid groups (broad SMARTS) is 1. The molecule has 154 valence electrons. The van der Waals surface area contributed by atoms with Crippen molar-refractivity contribution in [1.82, 2.24) is 0 Å². The van der Waals surface area contributed by atoms with E-state index in [0.29, 0.717) is 24.3 Å². The Balaban J connectivity index is 1.95. The lowest BCUT2D eigenvalue weighted by atomic mass is 9.68. The predicted molar refractivity (Wildman–Crippen MR) is 107 cm³/mol. The van der Waals surface area contributed by atoms with Crippen LogP contribution in [0, 0.1) is 29.1 Å². The molecule has 2 aliphatic carbocycles.